The van der Waals surface area contributed by atoms with Crippen molar-refractivity contribution in [3.63, 3.8) is 0 Å². The lowest BCUT2D eigenvalue weighted by molar-refractivity contribution is -0.921. The van der Waals surface area contributed by atoms with Crippen LogP contribution in [0.2, 0.25) is 0 Å². The van der Waals surface area contributed by atoms with Crippen LogP contribution in [0.3, 0.4) is 0 Å². The Hall–Kier alpha value is -0.370. The molecule has 6 unspecified atom stereocenters. The van der Waals surface area contributed by atoms with Crippen molar-refractivity contribution < 1.29 is 9.69 Å². The van der Waals surface area contributed by atoms with E-state index in [2.05, 4.69) is 14.0 Å². The summed E-state index contributed by atoms with van der Waals surface area (Å²) in [6.07, 6.45) is 4.84. The van der Waals surface area contributed by atoms with Gasteiger partial charge >= 0.3 is 0 Å². The zero-order chi connectivity index (χ0) is 10.6. The molecule has 0 aromatic carbocycles. The van der Waals surface area contributed by atoms with Gasteiger partial charge in [-0.3, -0.25) is 4.79 Å². The smallest absolute Gasteiger partial charge is 0.141 e. The molecule has 2 aliphatic carbocycles. The molecule has 0 aromatic heterocycles. The standard InChI is InChI=1S/C13H21NO/c1-8-3-9-6-13(15)10-5-11(9)12(4-8)14(2)7-10/h8-12H,3-7H2,1-2H3/p+1. The van der Waals surface area contributed by atoms with E-state index < -0.39 is 0 Å². The third kappa shape index (κ3) is 1.45. The lowest BCUT2D eigenvalue weighted by atomic mass is 9.60. The molecule has 2 saturated carbocycles. The van der Waals surface area contributed by atoms with Crippen molar-refractivity contribution in [3.8, 4) is 0 Å². The Morgan fingerprint density at radius 3 is 2.87 bits per heavy atom. The SMILES string of the molecule is CC1CC2CC(=O)C3CC2C(C1)[NH+](C)C3. The molecule has 3 aliphatic rings. The molecule has 2 nitrogen and oxygen atoms in total. The van der Waals surface area contributed by atoms with Crippen molar-refractivity contribution in [1.82, 2.24) is 0 Å². The quantitative estimate of drug-likeness (QED) is 0.616. The fraction of sp³-hybridized carbons (Fsp3) is 0.923. The van der Waals surface area contributed by atoms with Crippen LogP contribution in [0.1, 0.15) is 32.6 Å². The van der Waals surface area contributed by atoms with Crippen LogP contribution < -0.4 is 4.90 Å². The maximum absolute atomic E-state index is 11.9. The van der Waals surface area contributed by atoms with Gasteiger partial charge in [0, 0.05) is 18.8 Å². The fourth-order valence-corrected chi connectivity index (χ4v) is 4.50. The van der Waals surface area contributed by atoms with Crippen molar-refractivity contribution in [3.05, 3.63) is 0 Å². The van der Waals surface area contributed by atoms with Crippen LogP contribution in [-0.2, 0) is 4.79 Å². The number of carbonyl (C=O) groups is 1. The molecule has 3 rings (SSSR count). The Morgan fingerprint density at radius 2 is 2.07 bits per heavy atom. The molecule has 0 radical (unpaired) electrons. The molecule has 2 heteroatoms. The molecule has 15 heavy (non-hydrogen) atoms. The highest BCUT2D eigenvalue weighted by atomic mass is 16.1. The van der Waals surface area contributed by atoms with Gasteiger partial charge in [0.1, 0.15) is 5.78 Å². The maximum Gasteiger partial charge on any atom is 0.141 e. The van der Waals surface area contributed by atoms with E-state index in [0.717, 1.165) is 36.8 Å². The van der Waals surface area contributed by atoms with Crippen LogP contribution in [0.4, 0.5) is 0 Å². The number of hydrogen-bond donors (Lipinski definition) is 1. The molecule has 2 bridgehead atoms. The zero-order valence-electron chi connectivity index (χ0n) is 9.83. The molecule has 6 atom stereocenters. The van der Waals surface area contributed by atoms with E-state index in [4.69, 9.17) is 0 Å². The number of Topliss-reactive ketones (excluding diaryl/α,β-unsaturated/α-hetero) is 1. The highest BCUT2D eigenvalue weighted by molar-refractivity contribution is 5.82. The molecule has 0 amide bonds. The third-order valence-electron chi connectivity index (χ3n) is 5.16. The third-order valence-corrected chi connectivity index (χ3v) is 5.16. The minimum Gasteiger partial charge on any atom is -0.334 e. The second-order valence-corrected chi connectivity index (χ2v) is 6.26. The van der Waals surface area contributed by atoms with E-state index in [0.29, 0.717) is 11.7 Å². The number of carbonyl (C=O) groups excluding carboxylic acids is 1. The summed E-state index contributed by atoms with van der Waals surface area (Å²) in [4.78, 5) is 13.6. The number of hydrogen-bond acceptors (Lipinski definition) is 1. The summed E-state index contributed by atoms with van der Waals surface area (Å²) in [5, 5.41) is 0. The Labute approximate surface area is 92.0 Å². The van der Waals surface area contributed by atoms with Crippen LogP contribution in [0.5, 0.6) is 0 Å². The normalized spacial score (nSPS) is 54.1. The van der Waals surface area contributed by atoms with Crippen LogP contribution in [-0.4, -0.2) is 25.4 Å². The molecule has 1 heterocycles. The van der Waals surface area contributed by atoms with Gasteiger partial charge in [-0.15, -0.1) is 0 Å². The lowest BCUT2D eigenvalue weighted by Crippen LogP contribution is -3.16. The summed E-state index contributed by atoms with van der Waals surface area (Å²) < 4.78 is 0. The number of fused-ring (bicyclic) bond motifs is 1. The lowest BCUT2D eigenvalue weighted by Gasteiger charge is -2.50. The van der Waals surface area contributed by atoms with E-state index in [9.17, 15) is 4.79 Å². The number of rotatable bonds is 0. The van der Waals surface area contributed by atoms with Gasteiger partial charge in [0.15, 0.2) is 0 Å². The first-order chi connectivity index (χ1) is 7.15. The molecular weight excluding hydrogens is 186 g/mol. The van der Waals surface area contributed by atoms with Gasteiger partial charge in [0.05, 0.1) is 25.6 Å². The molecule has 3 fully saturated rings. The number of quaternary nitrogens is 1. The second-order valence-electron chi connectivity index (χ2n) is 6.26. The predicted molar refractivity (Wildman–Crippen MR) is 58.7 cm³/mol. The average Bonchev–Trinajstić information content (AvgIpc) is 2.18. The van der Waals surface area contributed by atoms with Crippen molar-refractivity contribution in [2.75, 3.05) is 13.6 Å². The van der Waals surface area contributed by atoms with Crippen LogP contribution in [0.15, 0.2) is 0 Å². The predicted octanol–water partition coefficient (Wildman–Crippen LogP) is 0.525. The fourth-order valence-electron chi connectivity index (χ4n) is 4.50. The summed E-state index contributed by atoms with van der Waals surface area (Å²) in [6.45, 7) is 3.48. The van der Waals surface area contributed by atoms with E-state index in [1.165, 1.54) is 19.3 Å². The Kier molecular flexibility index (Phi) is 2.17. The molecular formula is C13H22NO+. The van der Waals surface area contributed by atoms with Crippen LogP contribution in [0, 0.1) is 23.7 Å². The highest BCUT2D eigenvalue weighted by Gasteiger charge is 2.50. The first-order valence-electron chi connectivity index (χ1n) is 6.50. The molecule has 1 N–H and O–H groups in total. The van der Waals surface area contributed by atoms with Crippen molar-refractivity contribution in [2.45, 2.75) is 38.6 Å². The molecule has 84 valence electrons. The first-order valence-corrected chi connectivity index (χ1v) is 6.50. The van der Waals surface area contributed by atoms with Gasteiger partial charge in [-0.2, -0.15) is 0 Å². The minimum absolute atomic E-state index is 0.413. The van der Waals surface area contributed by atoms with Gasteiger partial charge in [0.2, 0.25) is 0 Å². The summed E-state index contributed by atoms with van der Waals surface area (Å²) in [5.74, 6) is 3.43. The molecule has 1 saturated heterocycles. The second kappa shape index (κ2) is 3.31. The summed E-state index contributed by atoms with van der Waals surface area (Å²) in [6, 6.07) is 0.864. The monoisotopic (exact) mass is 208 g/mol. The Balaban J connectivity index is 1.90. The van der Waals surface area contributed by atoms with E-state index in [-0.39, 0.29) is 0 Å². The van der Waals surface area contributed by atoms with Gasteiger partial charge in [-0.25, -0.2) is 0 Å². The largest absolute Gasteiger partial charge is 0.334 e. The maximum atomic E-state index is 11.9. The van der Waals surface area contributed by atoms with Crippen molar-refractivity contribution in [2.24, 2.45) is 23.7 Å². The summed E-state index contributed by atoms with van der Waals surface area (Å²) in [5.41, 5.74) is 0. The van der Waals surface area contributed by atoms with E-state index >= 15 is 0 Å². The first kappa shape index (κ1) is 9.83. The topological polar surface area (TPSA) is 21.5 Å². The highest BCUT2D eigenvalue weighted by Crippen LogP contribution is 2.43. The molecule has 0 aromatic rings. The van der Waals surface area contributed by atoms with Gasteiger partial charge < -0.3 is 4.90 Å². The summed E-state index contributed by atoms with van der Waals surface area (Å²) >= 11 is 0. The average molecular weight is 208 g/mol. The van der Waals surface area contributed by atoms with Crippen LogP contribution >= 0.6 is 0 Å². The van der Waals surface area contributed by atoms with Gasteiger partial charge in [0.25, 0.3) is 0 Å². The molecule has 1 aliphatic heterocycles. The number of likely N-dealkylation sites (tertiary alicyclic amines) is 1. The van der Waals surface area contributed by atoms with E-state index in [1.54, 1.807) is 4.90 Å². The molecule has 0 spiro atoms. The number of nitrogens with one attached hydrogen (secondary N) is 1. The Morgan fingerprint density at radius 1 is 1.27 bits per heavy atom. The van der Waals surface area contributed by atoms with E-state index in [1.807, 2.05) is 0 Å². The van der Waals surface area contributed by atoms with Gasteiger partial charge in [-0.05, 0) is 24.7 Å². The van der Waals surface area contributed by atoms with Crippen molar-refractivity contribution >= 4 is 5.78 Å². The number of piperidine rings is 1. The van der Waals surface area contributed by atoms with Gasteiger partial charge in [-0.1, -0.05) is 6.92 Å². The minimum atomic E-state index is 0.413. The summed E-state index contributed by atoms with van der Waals surface area (Å²) in [7, 11) is 2.30. The Bertz CT molecular complexity index is 288. The van der Waals surface area contributed by atoms with Crippen molar-refractivity contribution in [1.29, 1.82) is 0 Å². The zero-order valence-corrected chi connectivity index (χ0v) is 9.83. The number of ketones is 1. The van der Waals surface area contributed by atoms with Crippen LogP contribution in [0.25, 0.3) is 0 Å².